The van der Waals surface area contributed by atoms with E-state index in [4.69, 9.17) is 9.72 Å². The number of hydrogen-bond acceptors (Lipinski definition) is 5. The van der Waals surface area contributed by atoms with E-state index in [9.17, 15) is 4.79 Å². The highest BCUT2D eigenvalue weighted by Gasteiger charge is 2.40. The van der Waals surface area contributed by atoms with Crippen LogP contribution in [0.15, 0.2) is 6.20 Å². The lowest BCUT2D eigenvalue weighted by atomic mass is 9.85. The van der Waals surface area contributed by atoms with Crippen molar-refractivity contribution in [3.63, 3.8) is 0 Å². The fourth-order valence-electron chi connectivity index (χ4n) is 5.33. The standard InChI is InChI=1S/C24H39BrN4O2Si/c1-17-14-28(16-31-10-11-32(3,4)5)23-21(17)22-20(13-26-23)24(30)27(2)15-29(22)19-8-6-18(12-25)7-9-19/h13,17-19H,6-12,14-16H2,1-5H3/t17?,18-,19-. The van der Waals surface area contributed by atoms with Crippen LogP contribution in [0.1, 0.15) is 54.4 Å². The van der Waals surface area contributed by atoms with Gasteiger partial charge >= 0.3 is 0 Å². The fourth-order valence-corrected chi connectivity index (χ4v) is 6.74. The topological polar surface area (TPSA) is 48.9 Å². The molecule has 1 saturated carbocycles. The average Bonchev–Trinajstić information content (AvgIpc) is 3.08. The van der Waals surface area contributed by atoms with Gasteiger partial charge in [-0.2, -0.15) is 0 Å². The number of ether oxygens (including phenoxy) is 1. The molecule has 1 aliphatic carbocycles. The van der Waals surface area contributed by atoms with Gasteiger partial charge in [0.2, 0.25) is 0 Å². The highest BCUT2D eigenvalue weighted by molar-refractivity contribution is 9.09. The molecule has 1 fully saturated rings. The van der Waals surface area contributed by atoms with Gasteiger partial charge in [-0.05, 0) is 37.6 Å². The summed E-state index contributed by atoms with van der Waals surface area (Å²) in [7, 11) is 0.814. The van der Waals surface area contributed by atoms with Gasteiger partial charge in [0, 0.05) is 57.3 Å². The lowest BCUT2D eigenvalue weighted by Crippen LogP contribution is -2.50. The lowest BCUT2D eigenvalue weighted by Gasteiger charge is -2.44. The second-order valence-corrected chi connectivity index (χ2v) is 17.4. The number of aromatic nitrogens is 1. The van der Waals surface area contributed by atoms with Gasteiger partial charge in [0.1, 0.15) is 12.5 Å². The van der Waals surface area contributed by atoms with Crippen molar-refractivity contribution >= 4 is 41.4 Å². The minimum absolute atomic E-state index is 0.0951. The summed E-state index contributed by atoms with van der Waals surface area (Å²) in [5, 5.41) is 1.09. The first-order valence-corrected chi connectivity index (χ1v) is 17.0. The zero-order valence-corrected chi connectivity index (χ0v) is 22.9. The maximum atomic E-state index is 13.1. The Kier molecular flexibility index (Phi) is 7.22. The fraction of sp³-hybridized carbons (Fsp3) is 0.750. The summed E-state index contributed by atoms with van der Waals surface area (Å²) in [5.41, 5.74) is 3.17. The maximum Gasteiger partial charge on any atom is 0.258 e. The molecule has 178 valence electrons. The number of pyridine rings is 1. The lowest BCUT2D eigenvalue weighted by molar-refractivity contribution is 0.0774. The van der Waals surface area contributed by atoms with Crippen LogP contribution in [-0.4, -0.2) is 68.8 Å². The molecule has 1 amide bonds. The summed E-state index contributed by atoms with van der Waals surface area (Å²) in [6, 6.07) is 1.66. The Labute approximate surface area is 202 Å². The predicted molar refractivity (Wildman–Crippen MR) is 138 cm³/mol. The maximum absolute atomic E-state index is 13.1. The van der Waals surface area contributed by atoms with E-state index in [0.29, 0.717) is 25.4 Å². The summed E-state index contributed by atoms with van der Waals surface area (Å²) < 4.78 is 6.08. The Morgan fingerprint density at radius 1 is 1.22 bits per heavy atom. The Bertz CT molecular complexity index is 838. The van der Waals surface area contributed by atoms with Crippen molar-refractivity contribution in [2.75, 3.05) is 48.7 Å². The largest absolute Gasteiger partial charge is 0.361 e. The molecule has 6 nitrogen and oxygen atoms in total. The number of hydrogen-bond donors (Lipinski definition) is 0. The molecule has 2 aliphatic heterocycles. The summed E-state index contributed by atoms with van der Waals surface area (Å²) in [4.78, 5) is 24.5. The molecule has 3 aliphatic rings. The van der Waals surface area contributed by atoms with Crippen molar-refractivity contribution in [3.8, 4) is 0 Å². The minimum Gasteiger partial charge on any atom is -0.361 e. The van der Waals surface area contributed by atoms with Crippen molar-refractivity contribution < 1.29 is 9.53 Å². The molecule has 0 radical (unpaired) electrons. The minimum atomic E-state index is -1.10. The zero-order chi connectivity index (χ0) is 23.0. The van der Waals surface area contributed by atoms with Crippen molar-refractivity contribution in [3.05, 3.63) is 17.3 Å². The first-order chi connectivity index (χ1) is 15.2. The van der Waals surface area contributed by atoms with Crippen LogP contribution in [0.3, 0.4) is 0 Å². The summed E-state index contributed by atoms with van der Waals surface area (Å²) in [5.74, 6) is 2.23. The molecule has 8 heteroatoms. The summed E-state index contributed by atoms with van der Waals surface area (Å²) in [6.07, 6.45) is 6.69. The molecule has 32 heavy (non-hydrogen) atoms. The Morgan fingerprint density at radius 3 is 2.59 bits per heavy atom. The van der Waals surface area contributed by atoms with Crippen LogP contribution in [0.25, 0.3) is 0 Å². The van der Waals surface area contributed by atoms with Gasteiger partial charge in [-0.15, -0.1) is 0 Å². The summed E-state index contributed by atoms with van der Waals surface area (Å²) in [6.45, 7) is 12.4. The predicted octanol–water partition coefficient (Wildman–Crippen LogP) is 5.12. The zero-order valence-electron chi connectivity index (χ0n) is 20.4. The normalized spacial score (nSPS) is 25.9. The number of rotatable bonds is 7. The molecule has 1 unspecified atom stereocenters. The van der Waals surface area contributed by atoms with E-state index in [2.05, 4.69) is 52.3 Å². The van der Waals surface area contributed by atoms with E-state index in [1.165, 1.54) is 37.3 Å². The van der Waals surface area contributed by atoms with Crippen molar-refractivity contribution in [1.29, 1.82) is 0 Å². The van der Waals surface area contributed by atoms with E-state index >= 15 is 0 Å². The first-order valence-electron chi connectivity index (χ1n) is 12.1. The molecule has 0 N–H and O–H groups in total. The van der Waals surface area contributed by atoms with Crippen LogP contribution < -0.4 is 9.80 Å². The smallest absolute Gasteiger partial charge is 0.258 e. The number of anilines is 2. The van der Waals surface area contributed by atoms with Crippen LogP contribution in [0.4, 0.5) is 11.5 Å². The number of alkyl halides is 1. The van der Waals surface area contributed by atoms with Crippen LogP contribution in [0.5, 0.6) is 0 Å². The van der Waals surface area contributed by atoms with E-state index in [0.717, 1.165) is 41.5 Å². The Balaban J connectivity index is 1.59. The van der Waals surface area contributed by atoms with Crippen LogP contribution in [0, 0.1) is 5.92 Å². The van der Waals surface area contributed by atoms with Crippen LogP contribution >= 0.6 is 15.9 Å². The van der Waals surface area contributed by atoms with Gasteiger partial charge in [-0.3, -0.25) is 4.79 Å². The monoisotopic (exact) mass is 522 g/mol. The van der Waals surface area contributed by atoms with Crippen molar-refractivity contribution in [2.45, 2.75) is 70.3 Å². The van der Waals surface area contributed by atoms with Gasteiger partial charge in [0.15, 0.2) is 0 Å². The second-order valence-electron chi connectivity index (χ2n) is 11.2. The highest BCUT2D eigenvalue weighted by atomic mass is 79.9. The summed E-state index contributed by atoms with van der Waals surface area (Å²) >= 11 is 3.67. The highest BCUT2D eigenvalue weighted by Crippen LogP contribution is 2.46. The number of nitrogens with zero attached hydrogens (tertiary/aromatic N) is 4. The third-order valence-corrected chi connectivity index (χ3v) is 9.92. The quantitative estimate of drug-likeness (QED) is 0.282. The number of carbonyl (C=O) groups excluding carboxylic acids is 1. The van der Waals surface area contributed by atoms with Crippen molar-refractivity contribution in [2.24, 2.45) is 5.92 Å². The molecule has 1 atom stereocenters. The van der Waals surface area contributed by atoms with Crippen LogP contribution in [-0.2, 0) is 4.74 Å². The van der Waals surface area contributed by atoms with Crippen LogP contribution in [0.2, 0.25) is 25.7 Å². The van der Waals surface area contributed by atoms with E-state index in [1.807, 2.05) is 18.1 Å². The van der Waals surface area contributed by atoms with E-state index < -0.39 is 8.07 Å². The van der Waals surface area contributed by atoms with E-state index in [1.54, 1.807) is 0 Å². The van der Waals surface area contributed by atoms with Gasteiger partial charge in [0.25, 0.3) is 5.91 Å². The number of carbonyl (C=O) groups is 1. The average molecular weight is 524 g/mol. The van der Waals surface area contributed by atoms with E-state index in [-0.39, 0.29) is 5.91 Å². The van der Waals surface area contributed by atoms with Gasteiger partial charge in [0.05, 0.1) is 17.9 Å². The molecule has 3 heterocycles. The van der Waals surface area contributed by atoms with Gasteiger partial charge in [-0.25, -0.2) is 4.98 Å². The number of fused-ring (bicyclic) bond motifs is 3. The SMILES string of the molecule is CC1CN(COCC[Si](C)(C)C)c2ncc3c(c21)N([C@H]1CC[C@H](CBr)CC1)CN(C)C3=O. The molecule has 1 aromatic rings. The molecule has 0 spiro atoms. The third-order valence-electron chi connectivity index (χ3n) is 7.30. The van der Waals surface area contributed by atoms with Gasteiger partial charge in [-0.1, -0.05) is 42.5 Å². The van der Waals surface area contributed by atoms with Gasteiger partial charge < -0.3 is 19.4 Å². The third kappa shape index (κ3) is 4.87. The molecule has 0 bridgehead atoms. The van der Waals surface area contributed by atoms with Crippen molar-refractivity contribution in [1.82, 2.24) is 9.88 Å². The second kappa shape index (κ2) is 9.62. The molecule has 4 rings (SSSR count). The first kappa shape index (κ1) is 24.0. The number of halogens is 1. The Morgan fingerprint density at radius 2 is 1.94 bits per heavy atom. The molecular weight excluding hydrogens is 484 g/mol. The Hall–Kier alpha value is -1.12. The molecule has 0 aromatic carbocycles. The molecule has 0 saturated heterocycles. The molecule has 1 aromatic heterocycles. The number of amides is 1. The molecular formula is C24H39BrN4O2Si.